The van der Waals surface area contributed by atoms with Crippen molar-refractivity contribution >= 4 is 6.08 Å². The van der Waals surface area contributed by atoms with E-state index in [2.05, 4.69) is 71.9 Å². The van der Waals surface area contributed by atoms with Gasteiger partial charge < -0.3 is 24.8 Å². The molecule has 0 saturated carbocycles. The van der Waals surface area contributed by atoms with Crippen LogP contribution in [0, 0.1) is 5.41 Å². The average molecular weight is 455 g/mol. The van der Waals surface area contributed by atoms with E-state index in [-0.39, 0.29) is 30.2 Å². The number of halogens is 2. The molecule has 1 aromatic carbocycles. The second-order valence-electron chi connectivity index (χ2n) is 7.55. The third kappa shape index (κ3) is 3.95. The summed E-state index contributed by atoms with van der Waals surface area (Å²) in [5.74, 6) is 0. The summed E-state index contributed by atoms with van der Waals surface area (Å²) in [7, 11) is 0. The fraction of sp³-hybridized carbons (Fsp3) is 0.455. The minimum absolute atomic E-state index is 0. The molecule has 0 fully saturated rings. The van der Waals surface area contributed by atoms with Gasteiger partial charge in [0.2, 0.25) is 0 Å². The molecule has 0 aliphatic heterocycles. The molecule has 0 N–H and O–H groups in total. The second kappa shape index (κ2) is 8.73. The molecular formula is C22H28Cl2Zr. The zero-order chi connectivity index (χ0) is 16.8. The van der Waals surface area contributed by atoms with Crippen LogP contribution in [0.5, 0.6) is 0 Å². The number of hydrogen-bond donors (Lipinski definition) is 0. The van der Waals surface area contributed by atoms with E-state index in [0.29, 0.717) is 0 Å². The summed E-state index contributed by atoms with van der Waals surface area (Å²) in [6.07, 6.45) is 5.02. The molecule has 0 saturated heterocycles. The largest absolute Gasteiger partial charge is 1.00 e. The van der Waals surface area contributed by atoms with Gasteiger partial charge in [-0.15, -0.1) is 0 Å². The molecule has 3 rings (SSSR count). The van der Waals surface area contributed by atoms with Gasteiger partial charge in [-0.25, -0.2) is 0 Å². The van der Waals surface area contributed by atoms with Crippen LogP contribution in [0.3, 0.4) is 0 Å². The maximum atomic E-state index is 2.50. The molecule has 0 spiro atoms. The van der Waals surface area contributed by atoms with Gasteiger partial charge in [-0.05, 0) is 0 Å². The minimum atomic E-state index is -0.702. The van der Waals surface area contributed by atoms with E-state index < -0.39 is 23.2 Å². The molecule has 134 valence electrons. The third-order valence-electron chi connectivity index (χ3n) is 5.91. The first kappa shape index (κ1) is 22.9. The molecule has 2 aliphatic carbocycles. The Labute approximate surface area is 177 Å². The normalized spacial score (nSPS) is 20.6. The van der Waals surface area contributed by atoms with Gasteiger partial charge in [0, 0.05) is 0 Å². The van der Waals surface area contributed by atoms with Gasteiger partial charge in [-0.1, -0.05) is 0 Å². The van der Waals surface area contributed by atoms with E-state index in [1.54, 1.807) is 27.9 Å². The quantitative estimate of drug-likeness (QED) is 0.628. The first-order valence-corrected chi connectivity index (χ1v) is 11.5. The van der Waals surface area contributed by atoms with Crippen molar-refractivity contribution in [2.24, 2.45) is 5.41 Å². The Kier molecular flexibility index (Phi) is 8.01. The Balaban J connectivity index is 0.00000156. The van der Waals surface area contributed by atoms with Crippen LogP contribution < -0.4 is 24.8 Å². The Morgan fingerprint density at radius 3 is 2.20 bits per heavy atom. The van der Waals surface area contributed by atoms with Crippen molar-refractivity contribution in [3.8, 4) is 0 Å². The van der Waals surface area contributed by atoms with Gasteiger partial charge in [-0.3, -0.25) is 0 Å². The van der Waals surface area contributed by atoms with Crippen LogP contribution in [0.2, 0.25) is 0 Å². The third-order valence-corrected chi connectivity index (χ3v) is 11.5. The molecule has 0 aromatic heterocycles. The smallest absolute Gasteiger partial charge is 1.00 e. The molecule has 0 heterocycles. The van der Waals surface area contributed by atoms with E-state index in [9.17, 15) is 0 Å². The number of rotatable bonds is 4. The fourth-order valence-electron chi connectivity index (χ4n) is 4.09. The van der Waals surface area contributed by atoms with Crippen LogP contribution in [0.4, 0.5) is 0 Å². The molecule has 0 amide bonds. The van der Waals surface area contributed by atoms with Crippen LogP contribution in [0.25, 0.3) is 6.08 Å². The standard InChI is InChI=1S/C12H13.C10H15.2ClH.Zr/c1-2-5-10-8-11-6-3-4-7-12(11)9-10;1-7-6-10(4,5)9(3)8(7)2;;;/h3-4,6-9H,2,5H2,1H3;1-5H3;2*1H;/q;;;;+2/p-2. The van der Waals surface area contributed by atoms with E-state index in [0.717, 1.165) is 3.63 Å². The van der Waals surface area contributed by atoms with Crippen molar-refractivity contribution in [3.05, 3.63) is 61.0 Å². The van der Waals surface area contributed by atoms with Crippen molar-refractivity contribution in [3.63, 3.8) is 0 Å². The van der Waals surface area contributed by atoms with Crippen molar-refractivity contribution in [1.29, 1.82) is 0 Å². The molecule has 2 aliphatic rings. The summed E-state index contributed by atoms with van der Waals surface area (Å²) in [5.41, 5.74) is 9.85. The van der Waals surface area contributed by atoms with Crippen molar-refractivity contribution < 1.29 is 48.0 Å². The molecule has 1 atom stereocenters. The van der Waals surface area contributed by atoms with Gasteiger partial charge in [-0.2, -0.15) is 0 Å². The second-order valence-corrected chi connectivity index (χ2v) is 10.9. The molecule has 0 nitrogen and oxygen atoms in total. The molecule has 0 bridgehead atoms. The van der Waals surface area contributed by atoms with Gasteiger partial charge in [0.1, 0.15) is 0 Å². The van der Waals surface area contributed by atoms with Crippen LogP contribution in [-0.4, -0.2) is 0 Å². The molecule has 1 unspecified atom stereocenters. The monoisotopic (exact) mass is 452 g/mol. The average Bonchev–Trinajstić information content (AvgIpc) is 2.93. The van der Waals surface area contributed by atoms with E-state index >= 15 is 0 Å². The number of hydrogen-bond acceptors (Lipinski definition) is 0. The maximum Gasteiger partial charge on any atom is -1.00 e. The van der Waals surface area contributed by atoms with Crippen LogP contribution in [-0.2, 0) is 23.2 Å². The van der Waals surface area contributed by atoms with Crippen molar-refractivity contribution in [2.75, 3.05) is 0 Å². The topological polar surface area (TPSA) is 0 Å². The Morgan fingerprint density at radius 2 is 1.64 bits per heavy atom. The SMILES string of the molecule is CCCC1=Cc2ccccc2[CH]1[Zr+2][C]1=C(C)C(C)=C(C)C1(C)C.[Cl-].[Cl-]. The maximum absolute atomic E-state index is 2.50. The first-order valence-electron chi connectivity index (χ1n) is 8.83. The predicted molar refractivity (Wildman–Crippen MR) is 96.9 cm³/mol. The number of benzene rings is 1. The molecule has 3 heteroatoms. The molecule has 25 heavy (non-hydrogen) atoms. The van der Waals surface area contributed by atoms with Gasteiger partial charge >= 0.3 is 154 Å². The summed E-state index contributed by atoms with van der Waals surface area (Å²) < 4.78 is 2.57. The minimum Gasteiger partial charge on any atom is -1.00 e. The summed E-state index contributed by atoms with van der Waals surface area (Å²) in [6.45, 7) is 14.2. The fourth-order valence-corrected chi connectivity index (χ4v) is 9.18. The van der Waals surface area contributed by atoms with E-state index in [4.69, 9.17) is 0 Å². The van der Waals surface area contributed by atoms with Crippen molar-refractivity contribution in [2.45, 2.75) is 58.0 Å². The number of fused-ring (bicyclic) bond motifs is 1. The number of allylic oxidation sites excluding steroid dienone is 5. The molecular weight excluding hydrogens is 426 g/mol. The van der Waals surface area contributed by atoms with Gasteiger partial charge in [0.25, 0.3) is 0 Å². The summed E-state index contributed by atoms with van der Waals surface area (Å²) in [4.78, 5) is 0. The predicted octanol–water partition coefficient (Wildman–Crippen LogP) is 0.666. The Bertz CT molecular complexity index is 738. The molecule has 1 aromatic rings. The summed E-state index contributed by atoms with van der Waals surface area (Å²) >= 11 is -0.702. The Hall–Kier alpha value is -0.0969. The zero-order valence-electron chi connectivity index (χ0n) is 16.1. The van der Waals surface area contributed by atoms with Crippen LogP contribution in [0.15, 0.2) is 49.8 Å². The van der Waals surface area contributed by atoms with Crippen LogP contribution >= 0.6 is 0 Å². The Morgan fingerprint density at radius 1 is 1.00 bits per heavy atom. The van der Waals surface area contributed by atoms with Crippen LogP contribution in [0.1, 0.15) is 69.1 Å². The van der Waals surface area contributed by atoms with Gasteiger partial charge in [0.15, 0.2) is 0 Å². The van der Waals surface area contributed by atoms with Crippen molar-refractivity contribution in [1.82, 2.24) is 0 Å². The summed E-state index contributed by atoms with van der Waals surface area (Å²) in [6, 6.07) is 9.10. The zero-order valence-corrected chi connectivity index (χ0v) is 20.1. The summed E-state index contributed by atoms with van der Waals surface area (Å²) in [5, 5.41) is 0. The van der Waals surface area contributed by atoms with E-state index in [1.165, 1.54) is 18.4 Å². The van der Waals surface area contributed by atoms with E-state index in [1.807, 2.05) is 3.28 Å². The first-order chi connectivity index (χ1) is 10.9. The molecule has 0 radical (unpaired) electrons. The van der Waals surface area contributed by atoms with Gasteiger partial charge in [0.05, 0.1) is 0 Å².